The van der Waals surface area contributed by atoms with Crippen molar-refractivity contribution in [3.63, 3.8) is 0 Å². The summed E-state index contributed by atoms with van der Waals surface area (Å²) in [5.41, 5.74) is 1.38. The SMILES string of the molecule is CCC(Nc1cc(Cl)c(O)c(Cl)c1)c1ccc(F)cn1. The van der Waals surface area contributed by atoms with Gasteiger partial charge in [0.15, 0.2) is 5.75 Å². The molecular formula is C14H13Cl2FN2O. The molecule has 106 valence electrons. The van der Waals surface area contributed by atoms with E-state index in [4.69, 9.17) is 23.2 Å². The lowest BCUT2D eigenvalue weighted by molar-refractivity contribution is 0.476. The molecular weight excluding hydrogens is 302 g/mol. The number of aromatic hydroxyl groups is 1. The van der Waals surface area contributed by atoms with Crippen LogP contribution in [-0.2, 0) is 0 Å². The van der Waals surface area contributed by atoms with Gasteiger partial charge in [-0.05, 0) is 30.7 Å². The monoisotopic (exact) mass is 314 g/mol. The highest BCUT2D eigenvalue weighted by Gasteiger charge is 2.13. The first-order valence-corrected chi connectivity index (χ1v) is 6.83. The van der Waals surface area contributed by atoms with Crippen LogP contribution in [0.5, 0.6) is 5.75 Å². The maximum atomic E-state index is 12.9. The molecule has 3 nitrogen and oxygen atoms in total. The van der Waals surface area contributed by atoms with Crippen molar-refractivity contribution < 1.29 is 9.50 Å². The van der Waals surface area contributed by atoms with Gasteiger partial charge >= 0.3 is 0 Å². The van der Waals surface area contributed by atoms with Gasteiger partial charge < -0.3 is 10.4 Å². The highest BCUT2D eigenvalue weighted by Crippen LogP contribution is 2.35. The molecule has 0 aliphatic rings. The van der Waals surface area contributed by atoms with E-state index in [9.17, 15) is 9.50 Å². The number of halogens is 3. The van der Waals surface area contributed by atoms with Gasteiger partial charge in [-0.1, -0.05) is 30.1 Å². The van der Waals surface area contributed by atoms with E-state index in [0.717, 1.165) is 6.42 Å². The lowest BCUT2D eigenvalue weighted by Gasteiger charge is -2.18. The molecule has 1 atom stereocenters. The molecule has 0 bridgehead atoms. The molecule has 0 amide bonds. The lowest BCUT2D eigenvalue weighted by Crippen LogP contribution is -2.11. The van der Waals surface area contributed by atoms with Crippen LogP contribution in [0.2, 0.25) is 10.0 Å². The summed E-state index contributed by atoms with van der Waals surface area (Å²) < 4.78 is 12.9. The second kappa shape index (κ2) is 6.29. The number of pyridine rings is 1. The molecule has 0 aliphatic heterocycles. The van der Waals surface area contributed by atoms with E-state index >= 15 is 0 Å². The number of aromatic nitrogens is 1. The first kappa shape index (κ1) is 14.9. The molecule has 1 unspecified atom stereocenters. The molecule has 1 heterocycles. The van der Waals surface area contributed by atoms with Crippen LogP contribution in [0.4, 0.5) is 10.1 Å². The normalized spacial score (nSPS) is 12.2. The zero-order chi connectivity index (χ0) is 14.7. The Balaban J connectivity index is 2.24. The summed E-state index contributed by atoms with van der Waals surface area (Å²) in [7, 11) is 0. The van der Waals surface area contributed by atoms with Gasteiger partial charge in [0.1, 0.15) is 5.82 Å². The number of anilines is 1. The van der Waals surface area contributed by atoms with Gasteiger partial charge in [-0.25, -0.2) is 4.39 Å². The van der Waals surface area contributed by atoms with E-state index in [0.29, 0.717) is 11.4 Å². The Morgan fingerprint density at radius 1 is 1.30 bits per heavy atom. The zero-order valence-corrected chi connectivity index (χ0v) is 12.2. The summed E-state index contributed by atoms with van der Waals surface area (Å²) in [6.07, 6.45) is 1.92. The molecule has 1 aromatic heterocycles. The van der Waals surface area contributed by atoms with Crippen LogP contribution in [0.25, 0.3) is 0 Å². The maximum Gasteiger partial charge on any atom is 0.152 e. The minimum absolute atomic E-state index is 0.104. The number of hydrogen-bond acceptors (Lipinski definition) is 3. The van der Waals surface area contributed by atoms with Crippen molar-refractivity contribution in [3.05, 3.63) is 52.0 Å². The Hall–Kier alpha value is -1.52. The number of nitrogens with one attached hydrogen (secondary N) is 1. The van der Waals surface area contributed by atoms with E-state index in [1.807, 2.05) is 6.92 Å². The van der Waals surface area contributed by atoms with Gasteiger partial charge in [-0.2, -0.15) is 0 Å². The van der Waals surface area contributed by atoms with Crippen LogP contribution in [0.15, 0.2) is 30.5 Å². The van der Waals surface area contributed by atoms with E-state index in [1.54, 1.807) is 18.2 Å². The minimum atomic E-state index is -0.376. The number of phenols is 1. The third kappa shape index (κ3) is 3.32. The maximum absolute atomic E-state index is 12.9. The van der Waals surface area contributed by atoms with Crippen LogP contribution < -0.4 is 5.32 Å². The summed E-state index contributed by atoms with van der Waals surface area (Å²) >= 11 is 11.7. The molecule has 0 saturated carbocycles. The summed E-state index contributed by atoms with van der Waals surface area (Å²) in [6.45, 7) is 1.98. The molecule has 0 fully saturated rings. The van der Waals surface area contributed by atoms with Crippen LogP contribution in [0.1, 0.15) is 25.1 Å². The summed E-state index contributed by atoms with van der Waals surface area (Å²) in [6, 6.07) is 6.04. The van der Waals surface area contributed by atoms with Crippen molar-refractivity contribution in [1.29, 1.82) is 0 Å². The molecule has 20 heavy (non-hydrogen) atoms. The fraction of sp³-hybridized carbons (Fsp3) is 0.214. The smallest absolute Gasteiger partial charge is 0.152 e. The van der Waals surface area contributed by atoms with Crippen molar-refractivity contribution in [3.8, 4) is 5.75 Å². The fourth-order valence-electron chi connectivity index (χ4n) is 1.83. The van der Waals surface area contributed by atoms with Crippen LogP contribution in [0.3, 0.4) is 0 Å². The molecule has 2 N–H and O–H groups in total. The Labute approximate surface area is 126 Å². The van der Waals surface area contributed by atoms with Gasteiger partial charge in [0, 0.05) is 5.69 Å². The topological polar surface area (TPSA) is 45.1 Å². The van der Waals surface area contributed by atoms with Crippen molar-refractivity contribution >= 4 is 28.9 Å². The summed E-state index contributed by atoms with van der Waals surface area (Å²) in [5, 5.41) is 13.1. The number of rotatable bonds is 4. The molecule has 0 radical (unpaired) electrons. The van der Waals surface area contributed by atoms with E-state index < -0.39 is 0 Å². The Bertz CT molecular complexity index is 582. The lowest BCUT2D eigenvalue weighted by atomic mass is 10.1. The van der Waals surface area contributed by atoms with Crippen molar-refractivity contribution in [2.24, 2.45) is 0 Å². The van der Waals surface area contributed by atoms with Crippen LogP contribution in [-0.4, -0.2) is 10.1 Å². The highest BCUT2D eigenvalue weighted by molar-refractivity contribution is 6.37. The molecule has 2 rings (SSSR count). The first-order valence-electron chi connectivity index (χ1n) is 6.07. The number of benzene rings is 1. The highest BCUT2D eigenvalue weighted by atomic mass is 35.5. The second-order valence-electron chi connectivity index (χ2n) is 4.29. The van der Waals surface area contributed by atoms with Crippen LogP contribution >= 0.6 is 23.2 Å². The van der Waals surface area contributed by atoms with Crippen LogP contribution in [0, 0.1) is 5.82 Å². The number of nitrogens with zero attached hydrogens (tertiary/aromatic N) is 1. The van der Waals surface area contributed by atoms with Gasteiger partial charge in [-0.15, -0.1) is 0 Å². The van der Waals surface area contributed by atoms with Crippen molar-refractivity contribution in [1.82, 2.24) is 4.98 Å². The van der Waals surface area contributed by atoms with Gasteiger partial charge in [0.05, 0.1) is 28.0 Å². The average Bonchev–Trinajstić information content (AvgIpc) is 2.43. The molecule has 2 aromatic rings. The Morgan fingerprint density at radius 2 is 1.95 bits per heavy atom. The third-order valence-electron chi connectivity index (χ3n) is 2.87. The van der Waals surface area contributed by atoms with Gasteiger partial charge in [-0.3, -0.25) is 4.98 Å². The Morgan fingerprint density at radius 3 is 2.45 bits per heavy atom. The zero-order valence-electron chi connectivity index (χ0n) is 10.7. The number of hydrogen-bond donors (Lipinski definition) is 2. The predicted molar refractivity (Wildman–Crippen MR) is 79.0 cm³/mol. The van der Waals surface area contributed by atoms with Gasteiger partial charge in [0.2, 0.25) is 0 Å². The standard InChI is InChI=1S/C14H13Cl2FN2O/c1-2-12(13-4-3-8(17)7-18-13)19-9-5-10(15)14(20)11(16)6-9/h3-7,12,19-20H,2H2,1H3. The second-order valence-corrected chi connectivity index (χ2v) is 5.11. The minimum Gasteiger partial charge on any atom is -0.505 e. The molecule has 1 aromatic carbocycles. The Kier molecular flexibility index (Phi) is 4.68. The van der Waals surface area contributed by atoms with Gasteiger partial charge in [0.25, 0.3) is 0 Å². The fourth-order valence-corrected chi connectivity index (χ4v) is 2.32. The molecule has 0 aliphatic carbocycles. The first-order chi connectivity index (χ1) is 9.51. The largest absolute Gasteiger partial charge is 0.505 e. The third-order valence-corrected chi connectivity index (χ3v) is 3.45. The van der Waals surface area contributed by atoms with E-state index in [2.05, 4.69) is 10.3 Å². The van der Waals surface area contributed by atoms with Crippen molar-refractivity contribution in [2.45, 2.75) is 19.4 Å². The molecule has 6 heteroatoms. The summed E-state index contributed by atoms with van der Waals surface area (Å²) in [5.74, 6) is -0.522. The number of phenolic OH excluding ortho intramolecular Hbond substituents is 1. The van der Waals surface area contributed by atoms with E-state index in [-0.39, 0.29) is 27.7 Å². The van der Waals surface area contributed by atoms with E-state index in [1.165, 1.54) is 12.3 Å². The predicted octanol–water partition coefficient (Wildman–Crippen LogP) is 4.80. The quantitative estimate of drug-likeness (QED) is 0.797. The molecule has 0 spiro atoms. The molecule has 0 saturated heterocycles. The van der Waals surface area contributed by atoms with Crippen molar-refractivity contribution in [2.75, 3.05) is 5.32 Å². The average molecular weight is 315 g/mol. The summed E-state index contributed by atoms with van der Waals surface area (Å²) in [4.78, 5) is 4.06.